The first-order valence-electron chi connectivity index (χ1n) is 9.08. The van der Waals surface area contributed by atoms with Crippen molar-refractivity contribution < 1.29 is 4.79 Å². The van der Waals surface area contributed by atoms with Gasteiger partial charge in [-0.05, 0) is 44.2 Å². The molecule has 1 aliphatic carbocycles. The van der Waals surface area contributed by atoms with Gasteiger partial charge in [0.15, 0.2) is 0 Å². The molecular formula is C20H25N3OS. The maximum Gasteiger partial charge on any atom is 0.220 e. The molecule has 2 heterocycles. The second kappa shape index (κ2) is 6.89. The largest absolute Gasteiger partial charge is 0.356 e. The Morgan fingerprint density at radius 2 is 2.08 bits per heavy atom. The highest BCUT2D eigenvalue weighted by molar-refractivity contribution is 7.15. The van der Waals surface area contributed by atoms with Crippen LogP contribution in [0.2, 0.25) is 0 Å². The van der Waals surface area contributed by atoms with E-state index in [9.17, 15) is 4.79 Å². The summed E-state index contributed by atoms with van der Waals surface area (Å²) in [7, 11) is 2.21. The normalized spacial score (nSPS) is 25.9. The lowest BCUT2D eigenvalue weighted by atomic mass is 9.89. The maximum atomic E-state index is 11.6. The Kier molecular flexibility index (Phi) is 4.61. The van der Waals surface area contributed by atoms with E-state index >= 15 is 0 Å². The van der Waals surface area contributed by atoms with E-state index in [1.807, 2.05) is 6.20 Å². The molecule has 0 radical (unpaired) electrons. The summed E-state index contributed by atoms with van der Waals surface area (Å²) >= 11 is 1.79. The minimum Gasteiger partial charge on any atom is -0.356 e. The summed E-state index contributed by atoms with van der Waals surface area (Å²) in [6, 6.07) is 9.00. The average Bonchev–Trinajstić information content (AvgIpc) is 3.21. The number of carbonyl (C=O) groups is 1. The van der Waals surface area contributed by atoms with Crippen molar-refractivity contribution in [2.45, 2.75) is 38.8 Å². The smallest absolute Gasteiger partial charge is 0.220 e. The van der Waals surface area contributed by atoms with Gasteiger partial charge in [0.1, 0.15) is 5.01 Å². The molecule has 1 amide bonds. The molecule has 25 heavy (non-hydrogen) atoms. The van der Waals surface area contributed by atoms with Gasteiger partial charge in [-0.1, -0.05) is 24.3 Å². The number of carbonyl (C=O) groups excluding carboxylic acids is 1. The van der Waals surface area contributed by atoms with E-state index in [0.717, 1.165) is 24.5 Å². The fourth-order valence-corrected chi connectivity index (χ4v) is 5.35. The molecule has 3 atom stereocenters. The van der Waals surface area contributed by atoms with Crippen LogP contribution in [0.4, 0.5) is 0 Å². The number of thiazole rings is 1. The second-order valence-corrected chi connectivity index (χ2v) is 8.63. The topological polar surface area (TPSA) is 45.2 Å². The van der Waals surface area contributed by atoms with Crippen LogP contribution in [-0.2, 0) is 11.3 Å². The summed E-state index contributed by atoms with van der Waals surface area (Å²) in [4.78, 5) is 20.0. The van der Waals surface area contributed by atoms with Crippen molar-refractivity contribution in [3.63, 3.8) is 0 Å². The van der Waals surface area contributed by atoms with Gasteiger partial charge in [0.25, 0.3) is 0 Å². The molecule has 132 valence electrons. The summed E-state index contributed by atoms with van der Waals surface area (Å²) < 4.78 is 0. The zero-order valence-corrected chi connectivity index (χ0v) is 15.7. The fourth-order valence-electron chi connectivity index (χ4n) is 4.29. The van der Waals surface area contributed by atoms with Gasteiger partial charge in [-0.15, -0.1) is 11.3 Å². The molecule has 4 nitrogen and oxygen atoms in total. The fraction of sp³-hybridized carbons (Fsp3) is 0.500. The molecule has 1 aromatic heterocycles. The van der Waals surface area contributed by atoms with Crippen LogP contribution in [0.3, 0.4) is 0 Å². The zero-order valence-electron chi connectivity index (χ0n) is 14.9. The van der Waals surface area contributed by atoms with Crippen LogP contribution in [0, 0.1) is 18.8 Å². The number of hydrogen-bond acceptors (Lipinski definition) is 4. The molecule has 2 aliphatic rings. The lowest BCUT2D eigenvalue weighted by Gasteiger charge is -2.24. The van der Waals surface area contributed by atoms with E-state index in [1.165, 1.54) is 22.4 Å². The average molecular weight is 356 g/mol. The number of nitrogens with zero attached hydrogens (tertiary/aromatic N) is 2. The van der Waals surface area contributed by atoms with Crippen LogP contribution >= 0.6 is 11.3 Å². The van der Waals surface area contributed by atoms with Gasteiger partial charge >= 0.3 is 0 Å². The minimum absolute atomic E-state index is 0.231. The highest BCUT2D eigenvalue weighted by atomic mass is 32.1. The van der Waals surface area contributed by atoms with Gasteiger partial charge in [0.05, 0.1) is 0 Å². The van der Waals surface area contributed by atoms with Gasteiger partial charge in [0.2, 0.25) is 5.91 Å². The Morgan fingerprint density at radius 1 is 1.28 bits per heavy atom. The maximum absolute atomic E-state index is 11.6. The summed E-state index contributed by atoms with van der Waals surface area (Å²) in [5.74, 6) is 1.47. The molecule has 1 saturated heterocycles. The number of hydrogen-bond donors (Lipinski definition) is 1. The van der Waals surface area contributed by atoms with Crippen molar-refractivity contribution >= 4 is 17.2 Å². The molecule has 4 rings (SSSR count). The van der Waals surface area contributed by atoms with Crippen molar-refractivity contribution in [1.29, 1.82) is 0 Å². The molecule has 5 heteroatoms. The van der Waals surface area contributed by atoms with Crippen molar-refractivity contribution in [2.75, 3.05) is 13.6 Å². The van der Waals surface area contributed by atoms with Crippen LogP contribution in [0.5, 0.6) is 0 Å². The Bertz CT molecular complexity index is 772. The van der Waals surface area contributed by atoms with Crippen LogP contribution in [0.25, 0.3) is 10.6 Å². The number of piperidine rings is 1. The SMILES string of the molecule is Cc1ccccc1-c1ncc(CN(C)[C@H]2C[C@H]3CC(=O)NC[C@H]3C2)s1. The molecule has 1 N–H and O–H groups in total. The van der Waals surface area contributed by atoms with Gasteiger partial charge < -0.3 is 5.32 Å². The predicted molar refractivity (Wildman–Crippen MR) is 101 cm³/mol. The molecule has 1 aliphatic heterocycles. The summed E-state index contributed by atoms with van der Waals surface area (Å²) in [5.41, 5.74) is 2.51. The molecule has 2 fully saturated rings. The van der Waals surface area contributed by atoms with E-state index in [1.54, 1.807) is 11.3 Å². The Labute approximate surface area is 153 Å². The van der Waals surface area contributed by atoms with Gasteiger partial charge in [-0.2, -0.15) is 0 Å². The van der Waals surface area contributed by atoms with Crippen molar-refractivity contribution in [3.8, 4) is 10.6 Å². The first kappa shape index (κ1) is 16.7. The monoisotopic (exact) mass is 355 g/mol. The number of benzene rings is 1. The van der Waals surface area contributed by atoms with Crippen LogP contribution in [-0.4, -0.2) is 35.4 Å². The van der Waals surface area contributed by atoms with Crippen molar-refractivity contribution in [2.24, 2.45) is 11.8 Å². The lowest BCUT2D eigenvalue weighted by Crippen LogP contribution is -2.38. The summed E-state index contributed by atoms with van der Waals surface area (Å²) in [5, 5.41) is 4.13. The van der Waals surface area contributed by atoms with E-state index in [4.69, 9.17) is 0 Å². The van der Waals surface area contributed by atoms with Crippen molar-refractivity contribution in [1.82, 2.24) is 15.2 Å². The molecule has 0 spiro atoms. The van der Waals surface area contributed by atoms with Gasteiger partial charge in [-0.3, -0.25) is 9.69 Å². The quantitative estimate of drug-likeness (QED) is 0.913. The second-order valence-electron chi connectivity index (χ2n) is 7.52. The van der Waals surface area contributed by atoms with Crippen LogP contribution in [0.1, 0.15) is 29.7 Å². The minimum atomic E-state index is 0.231. The first-order chi connectivity index (χ1) is 12.1. The zero-order chi connectivity index (χ0) is 17.4. The Balaban J connectivity index is 1.41. The van der Waals surface area contributed by atoms with E-state index in [0.29, 0.717) is 24.3 Å². The number of amides is 1. The number of rotatable bonds is 4. The summed E-state index contributed by atoms with van der Waals surface area (Å²) in [6.07, 6.45) is 5.09. The van der Waals surface area contributed by atoms with Gasteiger partial charge in [-0.25, -0.2) is 4.98 Å². The third kappa shape index (κ3) is 3.48. The highest BCUT2D eigenvalue weighted by Gasteiger charge is 2.39. The number of aromatic nitrogens is 1. The molecule has 0 bridgehead atoms. The summed E-state index contributed by atoms with van der Waals surface area (Å²) in [6.45, 7) is 3.94. The lowest BCUT2D eigenvalue weighted by molar-refractivity contribution is -0.124. The Hall–Kier alpha value is -1.72. The van der Waals surface area contributed by atoms with Gasteiger partial charge in [0, 0.05) is 42.2 Å². The van der Waals surface area contributed by atoms with Crippen LogP contribution in [0.15, 0.2) is 30.5 Å². The van der Waals surface area contributed by atoms with E-state index < -0.39 is 0 Å². The highest BCUT2D eigenvalue weighted by Crippen LogP contribution is 2.39. The third-order valence-corrected chi connectivity index (χ3v) is 6.80. The molecule has 2 aromatic rings. The molecule has 1 aromatic carbocycles. The standard InChI is InChI=1S/C20H25N3OS/c1-13-5-3-4-6-18(13)20-22-11-17(25-20)12-23(2)16-7-14-9-19(24)21-10-15(14)8-16/h3-6,11,14-16H,7-10,12H2,1-2H3,(H,21,24)/t14-,15+,16-/m0/s1. The predicted octanol–water partition coefficient (Wildman–Crippen LogP) is 3.47. The molecule has 1 saturated carbocycles. The third-order valence-electron chi connectivity index (χ3n) is 5.78. The molecule has 0 unspecified atom stereocenters. The first-order valence-corrected chi connectivity index (χ1v) is 9.89. The van der Waals surface area contributed by atoms with Crippen molar-refractivity contribution in [3.05, 3.63) is 40.9 Å². The Morgan fingerprint density at radius 3 is 2.92 bits per heavy atom. The number of nitrogens with one attached hydrogen (secondary N) is 1. The van der Waals surface area contributed by atoms with Crippen LogP contribution < -0.4 is 5.32 Å². The molecular weight excluding hydrogens is 330 g/mol. The number of fused-ring (bicyclic) bond motifs is 1. The number of aryl methyl sites for hydroxylation is 1. The van der Waals surface area contributed by atoms with E-state index in [2.05, 4.69) is 53.4 Å². The van der Waals surface area contributed by atoms with E-state index in [-0.39, 0.29) is 5.91 Å².